The molecular weight excluding hydrogens is 194 g/mol. The maximum atomic E-state index is 10.6. The average molecular weight is 207 g/mol. The van der Waals surface area contributed by atoms with Gasteiger partial charge in [0.1, 0.15) is 0 Å². The second-order valence-electron chi connectivity index (χ2n) is 2.24. The number of hydrogen-bond acceptors (Lipinski definition) is 3. The van der Waals surface area contributed by atoms with Gasteiger partial charge in [-0.2, -0.15) is 4.21 Å². The summed E-state index contributed by atoms with van der Waals surface area (Å²) >= 11 is -2.18. The van der Waals surface area contributed by atoms with E-state index in [1.165, 1.54) is 6.08 Å². The zero-order valence-corrected chi connectivity index (χ0v) is 8.01. The summed E-state index contributed by atoms with van der Waals surface area (Å²) in [6.07, 6.45) is 2.53. The van der Waals surface area contributed by atoms with Gasteiger partial charge in [0.15, 0.2) is 0 Å². The molecule has 0 heterocycles. The molecular formula is C7H13NO4S. The molecule has 13 heavy (non-hydrogen) atoms. The van der Waals surface area contributed by atoms with E-state index < -0.39 is 11.4 Å². The zero-order valence-electron chi connectivity index (χ0n) is 7.19. The fourth-order valence-electron chi connectivity index (χ4n) is 0.641. The highest BCUT2D eigenvalue weighted by atomic mass is 32.2. The lowest BCUT2D eigenvalue weighted by Crippen LogP contribution is -2.22. The lowest BCUT2D eigenvalue weighted by Gasteiger charge is -2.01. The average Bonchev–Trinajstić information content (AvgIpc) is 2.10. The Bertz CT molecular complexity index is 195. The van der Waals surface area contributed by atoms with Crippen molar-refractivity contribution in [2.75, 3.05) is 13.2 Å². The van der Waals surface area contributed by atoms with Gasteiger partial charge in [0.05, 0.1) is 6.61 Å². The van der Waals surface area contributed by atoms with E-state index in [2.05, 4.69) is 16.1 Å². The monoisotopic (exact) mass is 207 g/mol. The smallest absolute Gasteiger partial charge is 0.301 e. The predicted molar refractivity (Wildman–Crippen MR) is 49.2 cm³/mol. The number of rotatable bonds is 7. The maximum Gasteiger partial charge on any atom is 0.301 e. The van der Waals surface area contributed by atoms with Gasteiger partial charge in [-0.25, -0.2) is 0 Å². The predicted octanol–water partition coefficient (Wildman–Crippen LogP) is 0.222. The Kier molecular flexibility index (Phi) is 7.47. The van der Waals surface area contributed by atoms with Crippen LogP contribution < -0.4 is 5.32 Å². The Balaban J connectivity index is 3.12. The molecule has 76 valence electrons. The summed E-state index contributed by atoms with van der Waals surface area (Å²) in [4.78, 5) is 10.6. The van der Waals surface area contributed by atoms with Gasteiger partial charge in [-0.05, 0) is 18.9 Å². The van der Waals surface area contributed by atoms with Crippen LogP contribution in [0.15, 0.2) is 12.7 Å². The minimum atomic E-state index is -2.18. The van der Waals surface area contributed by atoms with Crippen molar-refractivity contribution in [3.63, 3.8) is 0 Å². The highest BCUT2D eigenvalue weighted by molar-refractivity contribution is 7.74. The molecule has 0 bridgehead atoms. The fraction of sp³-hybridized carbons (Fsp3) is 0.571. The van der Waals surface area contributed by atoms with Gasteiger partial charge in [-0.3, -0.25) is 13.5 Å². The molecule has 5 nitrogen and oxygen atoms in total. The first-order chi connectivity index (χ1) is 6.16. The fourth-order valence-corrected chi connectivity index (χ4v) is 0.901. The molecule has 0 saturated carbocycles. The second kappa shape index (κ2) is 7.90. The summed E-state index contributed by atoms with van der Waals surface area (Å²) in [6, 6.07) is 0. The zero-order chi connectivity index (χ0) is 10.1. The van der Waals surface area contributed by atoms with E-state index in [0.29, 0.717) is 19.4 Å². The van der Waals surface area contributed by atoms with Crippen molar-refractivity contribution in [3.05, 3.63) is 12.7 Å². The van der Waals surface area contributed by atoms with Crippen LogP contribution in [0.1, 0.15) is 12.8 Å². The second-order valence-corrected chi connectivity index (χ2v) is 2.91. The molecule has 1 atom stereocenters. The van der Waals surface area contributed by atoms with Crippen LogP contribution in [0, 0.1) is 0 Å². The molecule has 0 rings (SSSR count). The van der Waals surface area contributed by atoms with Crippen molar-refractivity contribution in [3.8, 4) is 0 Å². The molecule has 0 aromatic carbocycles. The largest absolute Gasteiger partial charge is 0.353 e. The van der Waals surface area contributed by atoms with E-state index in [4.69, 9.17) is 4.55 Å². The molecule has 1 amide bonds. The van der Waals surface area contributed by atoms with Crippen LogP contribution in [-0.4, -0.2) is 27.8 Å². The summed E-state index contributed by atoms with van der Waals surface area (Å²) < 4.78 is 22.6. The number of carbonyl (C=O) groups is 1. The van der Waals surface area contributed by atoms with E-state index in [9.17, 15) is 9.00 Å². The molecule has 6 heteroatoms. The Hall–Kier alpha value is -0.720. The maximum absolute atomic E-state index is 10.6. The third kappa shape index (κ3) is 9.19. The summed E-state index contributed by atoms with van der Waals surface area (Å²) in [6.45, 7) is 4.02. The Morgan fingerprint density at radius 1 is 1.62 bits per heavy atom. The van der Waals surface area contributed by atoms with Crippen molar-refractivity contribution in [2.24, 2.45) is 0 Å². The van der Waals surface area contributed by atoms with Crippen molar-refractivity contribution >= 4 is 17.3 Å². The number of nitrogens with one attached hydrogen (secondary N) is 1. The number of carbonyl (C=O) groups excluding carboxylic acids is 1. The van der Waals surface area contributed by atoms with Gasteiger partial charge < -0.3 is 5.32 Å². The van der Waals surface area contributed by atoms with Gasteiger partial charge in [-0.1, -0.05) is 6.58 Å². The summed E-state index contributed by atoms with van der Waals surface area (Å²) in [5, 5.41) is 2.57. The van der Waals surface area contributed by atoms with Crippen LogP contribution in [0.25, 0.3) is 0 Å². The first kappa shape index (κ1) is 12.3. The van der Waals surface area contributed by atoms with Crippen molar-refractivity contribution in [2.45, 2.75) is 12.8 Å². The molecule has 0 saturated heterocycles. The molecule has 0 aromatic heterocycles. The first-order valence-electron chi connectivity index (χ1n) is 3.81. The number of amides is 1. The van der Waals surface area contributed by atoms with E-state index in [-0.39, 0.29) is 12.5 Å². The van der Waals surface area contributed by atoms with Gasteiger partial charge >= 0.3 is 11.4 Å². The van der Waals surface area contributed by atoms with Crippen LogP contribution in [0.5, 0.6) is 0 Å². The lowest BCUT2D eigenvalue weighted by molar-refractivity contribution is -0.116. The van der Waals surface area contributed by atoms with Crippen LogP contribution in [0.4, 0.5) is 0 Å². The molecule has 0 aromatic rings. The van der Waals surface area contributed by atoms with Crippen molar-refractivity contribution < 1.29 is 17.7 Å². The van der Waals surface area contributed by atoms with Crippen molar-refractivity contribution in [1.82, 2.24) is 5.32 Å². The van der Waals surface area contributed by atoms with Crippen molar-refractivity contribution in [1.29, 1.82) is 0 Å². The first-order valence-corrected chi connectivity index (χ1v) is 4.84. The minimum absolute atomic E-state index is 0.215. The Morgan fingerprint density at radius 3 is 2.85 bits per heavy atom. The van der Waals surface area contributed by atoms with Gasteiger partial charge in [0.25, 0.3) is 0 Å². The van der Waals surface area contributed by atoms with E-state index in [0.717, 1.165) is 0 Å². The number of unbranched alkanes of at least 4 members (excludes halogenated alkanes) is 1. The van der Waals surface area contributed by atoms with Gasteiger partial charge in [-0.15, -0.1) is 0 Å². The third-order valence-corrected chi connectivity index (χ3v) is 1.61. The number of hydrogen-bond donors (Lipinski definition) is 2. The summed E-state index contributed by atoms with van der Waals surface area (Å²) in [7, 11) is 0. The van der Waals surface area contributed by atoms with Gasteiger partial charge in [0, 0.05) is 6.54 Å². The summed E-state index contributed by atoms with van der Waals surface area (Å²) in [5.74, 6) is -0.216. The van der Waals surface area contributed by atoms with E-state index in [1.807, 2.05) is 0 Å². The van der Waals surface area contributed by atoms with Gasteiger partial charge in [0.2, 0.25) is 5.91 Å². The highest BCUT2D eigenvalue weighted by Gasteiger charge is 1.95. The van der Waals surface area contributed by atoms with Crippen LogP contribution in [-0.2, 0) is 20.3 Å². The SMILES string of the molecule is C=CC(=O)NCCCCOS(=O)O. The van der Waals surface area contributed by atoms with E-state index >= 15 is 0 Å². The molecule has 0 radical (unpaired) electrons. The molecule has 0 aliphatic rings. The molecule has 0 spiro atoms. The lowest BCUT2D eigenvalue weighted by atomic mass is 10.3. The molecule has 2 N–H and O–H groups in total. The molecule has 0 aliphatic heterocycles. The molecule has 0 fully saturated rings. The Morgan fingerprint density at radius 2 is 2.31 bits per heavy atom. The minimum Gasteiger partial charge on any atom is -0.353 e. The van der Waals surface area contributed by atoms with Crippen LogP contribution in [0.3, 0.4) is 0 Å². The highest BCUT2D eigenvalue weighted by Crippen LogP contribution is 1.89. The normalized spacial score (nSPS) is 12.1. The molecule has 0 aliphatic carbocycles. The van der Waals surface area contributed by atoms with E-state index in [1.54, 1.807) is 0 Å². The summed E-state index contributed by atoms with van der Waals surface area (Å²) in [5.41, 5.74) is 0. The van der Waals surface area contributed by atoms with Crippen LogP contribution in [0.2, 0.25) is 0 Å². The topological polar surface area (TPSA) is 75.6 Å². The standard InChI is InChI=1S/C7H13NO4S/c1-2-7(9)8-5-3-4-6-12-13(10)11/h2H,1,3-6H2,(H,8,9)(H,10,11). The molecule has 1 unspecified atom stereocenters. The Labute approximate surface area is 79.7 Å². The third-order valence-electron chi connectivity index (χ3n) is 1.24. The quantitative estimate of drug-likeness (QED) is 0.356. The van der Waals surface area contributed by atoms with Crippen LogP contribution >= 0.6 is 0 Å².